The first-order chi connectivity index (χ1) is 14.2. The fraction of sp³-hybridized carbons (Fsp3) is 0.458. The molecule has 0 radical (unpaired) electrons. The largest absolute Gasteiger partial charge is 0.508 e. The number of phenolic OH excluding ortho intramolecular Hbond substituents is 1. The summed E-state index contributed by atoms with van der Waals surface area (Å²) in [5, 5.41) is 13.2. The Kier molecular flexibility index (Phi) is 6.47. The minimum Gasteiger partial charge on any atom is -0.508 e. The Morgan fingerprint density at radius 2 is 1.90 bits per heavy atom. The predicted molar refractivity (Wildman–Crippen MR) is 111 cm³/mol. The number of carbonyl (C=O) groups is 1. The van der Waals surface area contributed by atoms with Crippen LogP contribution in [-0.2, 0) is 33.8 Å². The van der Waals surface area contributed by atoms with E-state index in [1.807, 2.05) is 24.3 Å². The minimum absolute atomic E-state index is 0.0282. The van der Waals surface area contributed by atoms with Crippen LogP contribution in [0, 0.1) is 0 Å². The molecule has 0 spiro atoms. The van der Waals surface area contributed by atoms with Crippen molar-refractivity contribution >= 4 is 5.91 Å². The third-order valence-electron chi connectivity index (χ3n) is 5.91. The highest BCUT2D eigenvalue weighted by Crippen LogP contribution is 2.36. The molecule has 0 aromatic heterocycles. The van der Waals surface area contributed by atoms with Crippen LogP contribution in [0.2, 0.25) is 0 Å². The van der Waals surface area contributed by atoms with Gasteiger partial charge in [0.25, 0.3) is 0 Å². The van der Waals surface area contributed by atoms with Gasteiger partial charge in [0.05, 0.1) is 18.6 Å². The Balaban J connectivity index is 1.33. The zero-order valence-electron chi connectivity index (χ0n) is 16.7. The number of amides is 1. The van der Waals surface area contributed by atoms with Crippen LogP contribution in [0.25, 0.3) is 0 Å². The summed E-state index contributed by atoms with van der Waals surface area (Å²) < 4.78 is 11.4. The zero-order valence-corrected chi connectivity index (χ0v) is 16.7. The second-order valence-corrected chi connectivity index (χ2v) is 7.95. The molecule has 2 aromatic carbocycles. The Hall–Kier alpha value is -2.37. The third kappa shape index (κ3) is 4.98. The van der Waals surface area contributed by atoms with E-state index >= 15 is 0 Å². The molecule has 1 amide bonds. The van der Waals surface area contributed by atoms with E-state index in [0.717, 1.165) is 67.6 Å². The van der Waals surface area contributed by atoms with Gasteiger partial charge >= 0.3 is 0 Å². The molecular formula is C24H29NO4. The number of fused-ring (bicyclic) bond motifs is 1. The minimum atomic E-state index is -0.189. The van der Waals surface area contributed by atoms with Crippen molar-refractivity contribution in [2.45, 2.75) is 57.3 Å². The number of nitrogens with one attached hydrogen (secondary N) is 1. The lowest BCUT2D eigenvalue weighted by atomic mass is 9.82. The van der Waals surface area contributed by atoms with Crippen LogP contribution >= 0.6 is 0 Å². The number of carbonyl (C=O) groups excluding carboxylic acids is 1. The molecular weight excluding hydrogens is 366 g/mol. The highest BCUT2D eigenvalue weighted by Gasteiger charge is 2.27. The standard InChI is InChI=1S/C24H29NO4/c26-23-9-3-6-20-21(23)7-2-8-22(20)24(27)25-15-17-4-1-5-18(14-17)16-29-19-10-12-28-13-11-19/h1,3-6,9,14,19,22,26H,2,7-8,10-13,15-16H2,(H,25,27). The zero-order chi connectivity index (χ0) is 20.1. The maximum Gasteiger partial charge on any atom is 0.227 e. The van der Waals surface area contributed by atoms with Crippen LogP contribution in [0.1, 0.15) is 53.9 Å². The molecule has 1 saturated heterocycles. The first kappa shape index (κ1) is 19.9. The van der Waals surface area contributed by atoms with Gasteiger partial charge in [-0.05, 0) is 60.4 Å². The number of aromatic hydroxyl groups is 1. The van der Waals surface area contributed by atoms with Gasteiger partial charge in [-0.2, -0.15) is 0 Å². The Labute approximate surface area is 172 Å². The number of hydrogen-bond donors (Lipinski definition) is 2. The summed E-state index contributed by atoms with van der Waals surface area (Å²) in [6.07, 6.45) is 4.75. The van der Waals surface area contributed by atoms with Gasteiger partial charge in [0.15, 0.2) is 0 Å². The van der Waals surface area contributed by atoms with Gasteiger partial charge in [0, 0.05) is 19.8 Å². The Morgan fingerprint density at radius 3 is 2.76 bits per heavy atom. The maximum absolute atomic E-state index is 12.8. The Bertz CT molecular complexity index is 845. The molecule has 4 rings (SSSR count). The van der Waals surface area contributed by atoms with Gasteiger partial charge in [0.1, 0.15) is 5.75 Å². The highest BCUT2D eigenvalue weighted by atomic mass is 16.5. The fourth-order valence-electron chi connectivity index (χ4n) is 4.30. The molecule has 2 aliphatic rings. The number of phenols is 1. The molecule has 1 atom stereocenters. The molecule has 2 N–H and O–H groups in total. The van der Waals surface area contributed by atoms with Crippen molar-refractivity contribution in [3.05, 3.63) is 64.7 Å². The molecule has 1 unspecified atom stereocenters. The lowest BCUT2D eigenvalue weighted by molar-refractivity contribution is -0.123. The van der Waals surface area contributed by atoms with Crippen LogP contribution in [0.4, 0.5) is 0 Å². The van der Waals surface area contributed by atoms with E-state index in [9.17, 15) is 9.90 Å². The van der Waals surface area contributed by atoms with Gasteiger partial charge < -0.3 is 19.9 Å². The van der Waals surface area contributed by atoms with Crippen molar-refractivity contribution in [1.82, 2.24) is 5.32 Å². The van der Waals surface area contributed by atoms with E-state index in [1.54, 1.807) is 6.07 Å². The number of ether oxygens (including phenoxy) is 2. The second kappa shape index (κ2) is 9.42. The molecule has 1 aliphatic carbocycles. The van der Waals surface area contributed by atoms with Crippen LogP contribution in [0.3, 0.4) is 0 Å². The van der Waals surface area contributed by atoms with Gasteiger partial charge in [-0.15, -0.1) is 0 Å². The first-order valence-corrected chi connectivity index (χ1v) is 10.6. The predicted octanol–water partition coefficient (Wildman–Crippen LogP) is 3.82. The molecule has 5 nitrogen and oxygen atoms in total. The summed E-state index contributed by atoms with van der Waals surface area (Å²) in [4.78, 5) is 12.8. The molecule has 5 heteroatoms. The van der Waals surface area contributed by atoms with Gasteiger partial charge in [-0.25, -0.2) is 0 Å². The summed E-state index contributed by atoms with van der Waals surface area (Å²) in [7, 11) is 0. The van der Waals surface area contributed by atoms with E-state index in [2.05, 4.69) is 17.4 Å². The molecule has 154 valence electrons. The molecule has 1 heterocycles. The molecule has 29 heavy (non-hydrogen) atoms. The maximum atomic E-state index is 12.8. The van der Waals surface area contributed by atoms with E-state index in [0.29, 0.717) is 18.9 Å². The summed E-state index contributed by atoms with van der Waals surface area (Å²) >= 11 is 0. The average Bonchev–Trinajstić information content (AvgIpc) is 2.77. The van der Waals surface area contributed by atoms with Crippen molar-refractivity contribution in [3.63, 3.8) is 0 Å². The van der Waals surface area contributed by atoms with Crippen LogP contribution < -0.4 is 5.32 Å². The second-order valence-electron chi connectivity index (χ2n) is 7.95. The molecule has 0 bridgehead atoms. The molecule has 1 aliphatic heterocycles. The average molecular weight is 395 g/mol. The van der Waals surface area contributed by atoms with Crippen LogP contribution in [0.15, 0.2) is 42.5 Å². The highest BCUT2D eigenvalue weighted by molar-refractivity contribution is 5.84. The van der Waals surface area contributed by atoms with Crippen LogP contribution in [0.5, 0.6) is 5.75 Å². The monoisotopic (exact) mass is 395 g/mol. The summed E-state index contributed by atoms with van der Waals surface area (Å²) in [6.45, 7) is 2.63. The van der Waals surface area contributed by atoms with Crippen molar-refractivity contribution in [1.29, 1.82) is 0 Å². The summed E-state index contributed by atoms with van der Waals surface area (Å²) in [6, 6.07) is 13.7. The summed E-state index contributed by atoms with van der Waals surface area (Å²) in [5.41, 5.74) is 4.08. The smallest absolute Gasteiger partial charge is 0.227 e. The van der Waals surface area contributed by atoms with E-state index in [1.165, 1.54) is 0 Å². The van der Waals surface area contributed by atoms with Crippen molar-refractivity contribution < 1.29 is 19.4 Å². The van der Waals surface area contributed by atoms with Gasteiger partial charge in [-0.3, -0.25) is 4.79 Å². The van der Waals surface area contributed by atoms with Gasteiger partial charge in [-0.1, -0.05) is 36.4 Å². The first-order valence-electron chi connectivity index (χ1n) is 10.6. The van der Waals surface area contributed by atoms with Gasteiger partial charge in [0.2, 0.25) is 5.91 Å². The molecule has 0 saturated carbocycles. The van der Waals surface area contributed by atoms with Crippen molar-refractivity contribution in [3.8, 4) is 5.75 Å². The number of benzene rings is 2. The lowest BCUT2D eigenvalue weighted by Crippen LogP contribution is -2.31. The normalized spacial score (nSPS) is 19.5. The number of rotatable bonds is 6. The van der Waals surface area contributed by atoms with Crippen LogP contribution in [-0.4, -0.2) is 30.3 Å². The molecule has 2 aromatic rings. The topological polar surface area (TPSA) is 67.8 Å². The Morgan fingerprint density at radius 1 is 1.10 bits per heavy atom. The quantitative estimate of drug-likeness (QED) is 0.780. The van der Waals surface area contributed by atoms with Crippen molar-refractivity contribution in [2.75, 3.05) is 13.2 Å². The van der Waals surface area contributed by atoms with E-state index in [-0.39, 0.29) is 17.9 Å². The third-order valence-corrected chi connectivity index (χ3v) is 5.91. The fourth-order valence-corrected chi connectivity index (χ4v) is 4.30. The van der Waals surface area contributed by atoms with Crippen molar-refractivity contribution in [2.24, 2.45) is 0 Å². The summed E-state index contributed by atoms with van der Waals surface area (Å²) in [5.74, 6) is 0.142. The number of hydrogen-bond acceptors (Lipinski definition) is 4. The van der Waals surface area contributed by atoms with E-state index in [4.69, 9.17) is 9.47 Å². The van der Waals surface area contributed by atoms with E-state index < -0.39 is 0 Å². The SMILES string of the molecule is O=C(NCc1cccc(COC2CCOCC2)c1)C1CCCc2c(O)cccc21. The lowest BCUT2D eigenvalue weighted by Gasteiger charge is -2.25. The molecule has 1 fully saturated rings.